The Hall–Kier alpha value is -2.00. The lowest BCUT2D eigenvalue weighted by Gasteiger charge is -2.16. The Morgan fingerprint density at radius 2 is 2.12 bits per heavy atom. The molecule has 9 heteroatoms. The predicted molar refractivity (Wildman–Crippen MR) is 101 cm³/mol. The first-order valence-electron chi connectivity index (χ1n) is 8.23. The normalized spacial score (nSPS) is 19.8. The van der Waals surface area contributed by atoms with Crippen LogP contribution in [0, 0.1) is 0 Å². The number of carbonyl (C=O) groups excluding carboxylic acids is 1. The molecule has 1 fully saturated rings. The molecule has 140 valence electrons. The predicted octanol–water partition coefficient (Wildman–Crippen LogP) is 1.66. The maximum absolute atomic E-state index is 12.4. The van der Waals surface area contributed by atoms with Crippen LogP contribution in [0.2, 0.25) is 0 Å². The molecule has 3 rings (SSSR count). The Labute approximate surface area is 157 Å². The van der Waals surface area contributed by atoms with Crippen LogP contribution in [0.25, 0.3) is 5.69 Å². The van der Waals surface area contributed by atoms with Crippen molar-refractivity contribution in [1.29, 1.82) is 0 Å². The third-order valence-corrected chi connectivity index (χ3v) is 7.04. The Kier molecular flexibility index (Phi) is 5.57. The van der Waals surface area contributed by atoms with Gasteiger partial charge in [0.2, 0.25) is 5.91 Å². The van der Waals surface area contributed by atoms with E-state index in [-0.39, 0.29) is 23.5 Å². The van der Waals surface area contributed by atoms with Gasteiger partial charge in [0, 0.05) is 24.1 Å². The van der Waals surface area contributed by atoms with Gasteiger partial charge in [-0.15, -0.1) is 0 Å². The summed E-state index contributed by atoms with van der Waals surface area (Å²) in [5.74, 6) is 0.751. The molecular formula is C17H21N3O4S2. The van der Waals surface area contributed by atoms with Crippen LogP contribution in [0.3, 0.4) is 0 Å². The molecule has 26 heavy (non-hydrogen) atoms. The highest BCUT2D eigenvalue weighted by Crippen LogP contribution is 2.26. The summed E-state index contributed by atoms with van der Waals surface area (Å²) in [6.45, 7) is 1.79. The molecule has 1 N–H and O–H groups in total. The minimum atomic E-state index is -3.01. The fraction of sp³-hybridized carbons (Fsp3) is 0.412. The van der Waals surface area contributed by atoms with E-state index in [0.717, 1.165) is 11.4 Å². The second-order valence-corrected chi connectivity index (χ2v) is 9.68. The lowest BCUT2D eigenvalue weighted by atomic mass is 10.2. The molecule has 0 saturated carbocycles. The zero-order chi connectivity index (χ0) is 18.7. The number of hydrogen-bond donors (Lipinski definition) is 1. The maximum atomic E-state index is 12.4. The number of imidazole rings is 1. The van der Waals surface area contributed by atoms with Crippen molar-refractivity contribution in [2.45, 2.75) is 29.8 Å². The summed E-state index contributed by atoms with van der Waals surface area (Å²) in [7, 11) is -1.40. The number of nitrogens with one attached hydrogen (secondary N) is 1. The number of thioether (sulfide) groups is 1. The number of sulfone groups is 1. The third kappa shape index (κ3) is 4.39. The molecule has 2 heterocycles. The summed E-state index contributed by atoms with van der Waals surface area (Å²) in [6, 6.07) is 7.26. The zero-order valence-electron chi connectivity index (χ0n) is 14.6. The summed E-state index contributed by atoms with van der Waals surface area (Å²) in [5.41, 5.74) is 0.917. The van der Waals surface area contributed by atoms with Gasteiger partial charge >= 0.3 is 0 Å². The van der Waals surface area contributed by atoms with Crippen molar-refractivity contribution in [3.8, 4) is 11.4 Å². The van der Waals surface area contributed by atoms with Crippen molar-refractivity contribution >= 4 is 27.5 Å². The molecule has 0 bridgehead atoms. The molecular weight excluding hydrogens is 374 g/mol. The molecule has 1 aromatic heterocycles. The van der Waals surface area contributed by atoms with E-state index in [0.29, 0.717) is 11.6 Å². The van der Waals surface area contributed by atoms with Crippen molar-refractivity contribution in [3.05, 3.63) is 36.7 Å². The second-order valence-electron chi connectivity index (χ2n) is 6.15. The molecule has 2 atom stereocenters. The van der Waals surface area contributed by atoms with Gasteiger partial charge in [0.25, 0.3) is 0 Å². The summed E-state index contributed by atoms with van der Waals surface area (Å²) < 4.78 is 30.1. The SMILES string of the molecule is COc1ccc(-n2ccnc2S[C@H](C)C(=O)N[C@@H]2CCS(=O)(=O)C2)cc1. The topological polar surface area (TPSA) is 90.3 Å². The minimum absolute atomic E-state index is 0.0244. The fourth-order valence-corrected chi connectivity index (χ4v) is 5.32. The van der Waals surface area contributed by atoms with Crippen LogP contribution in [-0.4, -0.2) is 53.8 Å². The lowest BCUT2D eigenvalue weighted by Crippen LogP contribution is -2.40. The van der Waals surface area contributed by atoms with Crippen LogP contribution < -0.4 is 10.1 Å². The molecule has 1 aromatic carbocycles. The quantitative estimate of drug-likeness (QED) is 0.748. The fourth-order valence-electron chi connectivity index (χ4n) is 2.76. The van der Waals surface area contributed by atoms with Gasteiger partial charge < -0.3 is 10.1 Å². The van der Waals surface area contributed by atoms with E-state index in [4.69, 9.17) is 4.74 Å². The summed E-state index contributed by atoms with van der Waals surface area (Å²) >= 11 is 1.33. The van der Waals surface area contributed by atoms with Gasteiger partial charge in [-0.1, -0.05) is 11.8 Å². The van der Waals surface area contributed by atoms with E-state index in [1.807, 2.05) is 35.0 Å². The number of aromatic nitrogens is 2. The Morgan fingerprint density at radius 1 is 1.38 bits per heavy atom. The van der Waals surface area contributed by atoms with Crippen LogP contribution >= 0.6 is 11.8 Å². The average molecular weight is 396 g/mol. The van der Waals surface area contributed by atoms with Crippen LogP contribution in [0.1, 0.15) is 13.3 Å². The standard InChI is InChI=1S/C17H21N3O4S2/c1-12(16(21)19-13-7-10-26(22,23)11-13)25-17-18-8-9-20(17)14-3-5-15(24-2)6-4-14/h3-6,8-9,12-13H,7,10-11H2,1-2H3,(H,19,21)/t12-,13-/m1/s1. The van der Waals surface area contributed by atoms with E-state index in [2.05, 4.69) is 10.3 Å². The number of hydrogen-bond acceptors (Lipinski definition) is 6. The van der Waals surface area contributed by atoms with Gasteiger partial charge in [0.15, 0.2) is 15.0 Å². The van der Waals surface area contributed by atoms with Crippen LogP contribution in [-0.2, 0) is 14.6 Å². The van der Waals surface area contributed by atoms with Crippen molar-refractivity contribution in [2.24, 2.45) is 0 Å². The molecule has 7 nitrogen and oxygen atoms in total. The highest BCUT2D eigenvalue weighted by atomic mass is 32.2. The van der Waals surface area contributed by atoms with E-state index in [1.54, 1.807) is 20.2 Å². The van der Waals surface area contributed by atoms with Crippen LogP contribution in [0.4, 0.5) is 0 Å². The van der Waals surface area contributed by atoms with Gasteiger partial charge in [-0.25, -0.2) is 13.4 Å². The Bertz CT molecular complexity index is 878. The number of carbonyl (C=O) groups is 1. The van der Waals surface area contributed by atoms with E-state index in [1.165, 1.54) is 11.8 Å². The zero-order valence-corrected chi connectivity index (χ0v) is 16.2. The number of nitrogens with zero attached hydrogens (tertiary/aromatic N) is 2. The summed E-state index contributed by atoms with van der Waals surface area (Å²) in [5, 5.41) is 3.13. The van der Waals surface area contributed by atoms with Crippen molar-refractivity contribution in [2.75, 3.05) is 18.6 Å². The van der Waals surface area contributed by atoms with Gasteiger partial charge in [0.1, 0.15) is 5.75 Å². The lowest BCUT2D eigenvalue weighted by molar-refractivity contribution is -0.120. The second kappa shape index (κ2) is 7.71. The number of benzene rings is 1. The highest BCUT2D eigenvalue weighted by Gasteiger charge is 2.30. The van der Waals surface area contributed by atoms with E-state index >= 15 is 0 Å². The number of amides is 1. The van der Waals surface area contributed by atoms with Crippen molar-refractivity contribution in [1.82, 2.24) is 14.9 Å². The molecule has 1 aliphatic heterocycles. The Morgan fingerprint density at radius 3 is 2.73 bits per heavy atom. The monoisotopic (exact) mass is 395 g/mol. The molecule has 2 aromatic rings. The van der Waals surface area contributed by atoms with Crippen LogP contribution in [0.5, 0.6) is 5.75 Å². The molecule has 0 unspecified atom stereocenters. The van der Waals surface area contributed by atoms with Crippen LogP contribution in [0.15, 0.2) is 41.8 Å². The summed E-state index contributed by atoms with van der Waals surface area (Å²) in [6.07, 6.45) is 3.99. The van der Waals surface area contributed by atoms with Gasteiger partial charge in [0.05, 0.1) is 23.9 Å². The average Bonchev–Trinajstić information content (AvgIpc) is 3.21. The van der Waals surface area contributed by atoms with Crippen molar-refractivity contribution in [3.63, 3.8) is 0 Å². The molecule has 0 aliphatic carbocycles. The van der Waals surface area contributed by atoms with Gasteiger partial charge in [-0.05, 0) is 37.6 Å². The van der Waals surface area contributed by atoms with Crippen molar-refractivity contribution < 1.29 is 17.9 Å². The first kappa shape index (κ1) is 18.8. The smallest absolute Gasteiger partial charge is 0.233 e. The molecule has 1 amide bonds. The minimum Gasteiger partial charge on any atom is -0.497 e. The van der Waals surface area contributed by atoms with E-state index < -0.39 is 15.1 Å². The molecule has 0 spiro atoms. The van der Waals surface area contributed by atoms with Gasteiger partial charge in [-0.3, -0.25) is 9.36 Å². The largest absolute Gasteiger partial charge is 0.497 e. The first-order valence-corrected chi connectivity index (χ1v) is 10.9. The first-order chi connectivity index (χ1) is 12.4. The highest BCUT2D eigenvalue weighted by molar-refractivity contribution is 8.00. The number of rotatable bonds is 6. The maximum Gasteiger partial charge on any atom is 0.233 e. The van der Waals surface area contributed by atoms with Gasteiger partial charge in [-0.2, -0.15) is 0 Å². The number of ether oxygens (including phenoxy) is 1. The third-order valence-electron chi connectivity index (χ3n) is 4.19. The summed E-state index contributed by atoms with van der Waals surface area (Å²) in [4.78, 5) is 16.7. The van der Waals surface area contributed by atoms with E-state index in [9.17, 15) is 13.2 Å². The molecule has 1 aliphatic rings. The number of methoxy groups -OCH3 is 1. The Balaban J connectivity index is 1.65. The molecule has 0 radical (unpaired) electrons. The molecule has 1 saturated heterocycles.